The third-order valence-electron chi connectivity index (χ3n) is 2.13. The largest absolute Gasteiger partial charge is 0.298 e. The summed E-state index contributed by atoms with van der Waals surface area (Å²) in [6, 6.07) is 6.37. The molecule has 18 heavy (non-hydrogen) atoms. The van der Waals surface area contributed by atoms with E-state index in [-0.39, 0.29) is 23.8 Å². The lowest BCUT2D eigenvalue weighted by Crippen LogP contribution is -2.07. The zero-order chi connectivity index (χ0) is 13.0. The molecule has 0 amide bonds. The fourth-order valence-corrected chi connectivity index (χ4v) is 2.14. The molecule has 0 radical (unpaired) electrons. The number of nitrogens with zero attached hydrogens (tertiary/aromatic N) is 4. The van der Waals surface area contributed by atoms with Gasteiger partial charge in [0, 0.05) is 4.90 Å². The molecule has 0 fully saturated rings. The molecule has 1 aromatic carbocycles. The topological polar surface area (TPSA) is 60.7 Å². The maximum Gasteiger partial charge on any atom is 0.182 e. The van der Waals surface area contributed by atoms with Gasteiger partial charge < -0.3 is 0 Å². The summed E-state index contributed by atoms with van der Waals surface area (Å²) in [6.07, 6.45) is 0.120. The number of benzene rings is 1. The molecule has 0 aliphatic carbocycles. The van der Waals surface area contributed by atoms with Crippen molar-refractivity contribution in [3.63, 3.8) is 0 Å². The quantitative estimate of drug-likeness (QED) is 0.762. The first kappa shape index (κ1) is 12.7. The van der Waals surface area contributed by atoms with E-state index in [1.165, 1.54) is 22.6 Å². The SMILES string of the molecule is Cn1nnc(CC(=O)CSc2ccccc2F)n1. The lowest BCUT2D eigenvalue weighted by Gasteiger charge is -2.01. The Balaban J connectivity index is 1.87. The summed E-state index contributed by atoms with van der Waals surface area (Å²) in [6.45, 7) is 0. The highest BCUT2D eigenvalue weighted by molar-refractivity contribution is 8.00. The van der Waals surface area contributed by atoms with Gasteiger partial charge in [0.15, 0.2) is 11.6 Å². The van der Waals surface area contributed by atoms with Crippen LogP contribution in [-0.2, 0) is 18.3 Å². The fraction of sp³-hybridized carbons (Fsp3) is 0.273. The molecule has 0 saturated heterocycles. The first-order valence-corrected chi connectivity index (χ1v) is 6.25. The van der Waals surface area contributed by atoms with Crippen molar-refractivity contribution >= 4 is 17.5 Å². The maximum absolute atomic E-state index is 13.3. The number of hydrogen-bond acceptors (Lipinski definition) is 5. The molecular weight excluding hydrogens is 255 g/mol. The Morgan fingerprint density at radius 2 is 2.22 bits per heavy atom. The molecule has 1 aromatic heterocycles. The molecular formula is C11H11FN4OS. The van der Waals surface area contributed by atoms with Crippen LogP contribution in [0.4, 0.5) is 4.39 Å². The van der Waals surface area contributed by atoms with Crippen molar-refractivity contribution in [3.8, 4) is 0 Å². The van der Waals surface area contributed by atoms with E-state index in [1.54, 1.807) is 25.2 Å². The van der Waals surface area contributed by atoms with E-state index >= 15 is 0 Å². The predicted molar refractivity (Wildman–Crippen MR) is 64.6 cm³/mol. The molecule has 2 rings (SSSR count). The summed E-state index contributed by atoms with van der Waals surface area (Å²) in [5, 5.41) is 11.3. The lowest BCUT2D eigenvalue weighted by atomic mass is 10.3. The Morgan fingerprint density at radius 3 is 2.89 bits per heavy atom. The van der Waals surface area contributed by atoms with Crippen molar-refractivity contribution < 1.29 is 9.18 Å². The van der Waals surface area contributed by atoms with Gasteiger partial charge in [-0.15, -0.1) is 22.0 Å². The van der Waals surface area contributed by atoms with Crippen molar-refractivity contribution in [1.29, 1.82) is 0 Å². The standard InChI is InChI=1S/C11H11FN4OS/c1-16-14-11(13-15-16)6-8(17)7-18-10-5-3-2-4-9(10)12/h2-5H,6-7H2,1H3. The summed E-state index contributed by atoms with van der Waals surface area (Å²) in [5.74, 6) is 0.208. The minimum absolute atomic E-state index is 0.0590. The maximum atomic E-state index is 13.3. The molecule has 7 heteroatoms. The summed E-state index contributed by atoms with van der Waals surface area (Å²) < 4.78 is 13.3. The highest BCUT2D eigenvalue weighted by Gasteiger charge is 2.10. The average molecular weight is 266 g/mol. The second-order valence-electron chi connectivity index (χ2n) is 3.63. The summed E-state index contributed by atoms with van der Waals surface area (Å²) in [4.78, 5) is 13.4. The molecule has 2 aromatic rings. The Morgan fingerprint density at radius 1 is 1.44 bits per heavy atom. The first-order chi connectivity index (χ1) is 8.65. The Hall–Kier alpha value is -1.76. The van der Waals surface area contributed by atoms with Gasteiger partial charge >= 0.3 is 0 Å². The van der Waals surface area contributed by atoms with Crippen molar-refractivity contribution in [2.24, 2.45) is 7.05 Å². The first-order valence-electron chi connectivity index (χ1n) is 5.27. The lowest BCUT2D eigenvalue weighted by molar-refractivity contribution is -0.116. The third-order valence-corrected chi connectivity index (χ3v) is 3.24. The number of aromatic nitrogens is 4. The van der Waals surface area contributed by atoms with Gasteiger partial charge in [0.25, 0.3) is 0 Å². The number of halogens is 1. The highest BCUT2D eigenvalue weighted by atomic mass is 32.2. The second kappa shape index (κ2) is 5.72. The van der Waals surface area contributed by atoms with Crippen LogP contribution in [-0.4, -0.2) is 31.7 Å². The van der Waals surface area contributed by atoms with Crippen molar-refractivity contribution in [1.82, 2.24) is 20.2 Å². The summed E-state index contributed by atoms with van der Waals surface area (Å²) in [5.41, 5.74) is 0. The van der Waals surface area contributed by atoms with Gasteiger partial charge in [0.1, 0.15) is 5.82 Å². The number of ketones is 1. The second-order valence-corrected chi connectivity index (χ2v) is 4.65. The smallest absolute Gasteiger partial charge is 0.182 e. The van der Waals surface area contributed by atoms with Crippen LogP contribution in [0.3, 0.4) is 0 Å². The molecule has 0 aliphatic heterocycles. The van der Waals surface area contributed by atoms with Crippen LogP contribution in [0.25, 0.3) is 0 Å². The van der Waals surface area contributed by atoms with Crippen molar-refractivity contribution in [3.05, 3.63) is 35.9 Å². The van der Waals surface area contributed by atoms with Gasteiger partial charge in [0.2, 0.25) is 0 Å². The van der Waals surface area contributed by atoms with Gasteiger partial charge in [-0.05, 0) is 17.3 Å². The molecule has 0 spiro atoms. The number of tetrazole rings is 1. The normalized spacial score (nSPS) is 10.6. The zero-order valence-corrected chi connectivity index (χ0v) is 10.5. The minimum Gasteiger partial charge on any atom is -0.298 e. The molecule has 1 heterocycles. The number of Topliss-reactive ketones (excluding diaryl/α,β-unsaturated/α-hetero) is 1. The monoisotopic (exact) mass is 266 g/mol. The van der Waals surface area contributed by atoms with E-state index < -0.39 is 0 Å². The van der Waals surface area contributed by atoms with Gasteiger partial charge in [0.05, 0.1) is 19.2 Å². The van der Waals surface area contributed by atoms with Gasteiger partial charge in [-0.25, -0.2) is 4.39 Å². The molecule has 0 atom stereocenters. The van der Waals surface area contributed by atoms with E-state index in [1.807, 2.05) is 0 Å². The molecule has 5 nitrogen and oxygen atoms in total. The molecule has 0 bridgehead atoms. The van der Waals surface area contributed by atoms with E-state index in [0.29, 0.717) is 10.7 Å². The Bertz CT molecular complexity index is 557. The van der Waals surface area contributed by atoms with E-state index in [9.17, 15) is 9.18 Å². The van der Waals surface area contributed by atoms with Crippen LogP contribution in [0.5, 0.6) is 0 Å². The predicted octanol–water partition coefficient (Wildman–Crippen LogP) is 1.25. The zero-order valence-electron chi connectivity index (χ0n) is 9.71. The summed E-state index contributed by atoms with van der Waals surface area (Å²) >= 11 is 1.17. The van der Waals surface area contributed by atoms with E-state index in [2.05, 4.69) is 15.4 Å². The van der Waals surface area contributed by atoms with Crippen LogP contribution in [0.2, 0.25) is 0 Å². The number of carbonyl (C=O) groups is 1. The summed E-state index contributed by atoms with van der Waals surface area (Å²) in [7, 11) is 1.63. The fourth-order valence-electron chi connectivity index (χ4n) is 1.34. The third kappa shape index (κ3) is 3.36. The molecule has 0 saturated carbocycles. The van der Waals surface area contributed by atoms with Crippen LogP contribution in [0, 0.1) is 5.82 Å². The van der Waals surface area contributed by atoms with E-state index in [4.69, 9.17) is 0 Å². The van der Waals surface area contributed by atoms with Gasteiger partial charge in [-0.2, -0.15) is 4.80 Å². The highest BCUT2D eigenvalue weighted by Crippen LogP contribution is 2.21. The van der Waals surface area contributed by atoms with Crippen LogP contribution in [0.15, 0.2) is 29.2 Å². The molecule has 0 unspecified atom stereocenters. The molecule has 0 N–H and O–H groups in total. The number of carbonyl (C=O) groups excluding carboxylic acids is 1. The van der Waals surface area contributed by atoms with Crippen LogP contribution >= 0.6 is 11.8 Å². The van der Waals surface area contributed by atoms with Gasteiger partial charge in [-0.1, -0.05) is 12.1 Å². The average Bonchev–Trinajstić information content (AvgIpc) is 2.74. The minimum atomic E-state index is -0.312. The van der Waals surface area contributed by atoms with Crippen molar-refractivity contribution in [2.45, 2.75) is 11.3 Å². The van der Waals surface area contributed by atoms with Crippen LogP contribution < -0.4 is 0 Å². The van der Waals surface area contributed by atoms with E-state index in [0.717, 1.165) is 0 Å². The molecule has 0 aliphatic rings. The Labute approximate surface area is 107 Å². The van der Waals surface area contributed by atoms with Crippen molar-refractivity contribution in [2.75, 3.05) is 5.75 Å². The number of thioether (sulfide) groups is 1. The Kier molecular flexibility index (Phi) is 4.03. The number of aryl methyl sites for hydroxylation is 1. The number of hydrogen-bond donors (Lipinski definition) is 0. The molecule has 94 valence electrons. The van der Waals surface area contributed by atoms with Gasteiger partial charge in [-0.3, -0.25) is 4.79 Å². The number of rotatable bonds is 5. The van der Waals surface area contributed by atoms with Crippen LogP contribution in [0.1, 0.15) is 5.82 Å².